The fraction of sp³-hybridized carbons (Fsp3) is 0.438. The van der Waals surface area contributed by atoms with Gasteiger partial charge in [-0.3, -0.25) is 4.79 Å². The summed E-state index contributed by atoms with van der Waals surface area (Å²) in [6.45, 7) is 2.16. The maximum absolute atomic E-state index is 13.8. The molecule has 3 N–H and O–H groups in total. The molecular formula is C16H19FN2O. The topological polar surface area (TPSA) is 55.1 Å². The summed E-state index contributed by atoms with van der Waals surface area (Å²) in [6, 6.07) is 4.53. The second kappa shape index (κ2) is 6.06. The van der Waals surface area contributed by atoms with Crippen LogP contribution in [0.2, 0.25) is 0 Å². The lowest BCUT2D eigenvalue weighted by atomic mass is 9.88. The van der Waals surface area contributed by atoms with Crippen molar-refractivity contribution in [3.05, 3.63) is 29.6 Å². The SMILES string of the molecule is CC1(C(=O)Nc2ccc(C#CCN)c(F)c2)CCCC1. The van der Waals surface area contributed by atoms with Crippen LogP contribution in [0.3, 0.4) is 0 Å². The molecule has 0 saturated heterocycles. The molecule has 20 heavy (non-hydrogen) atoms. The van der Waals surface area contributed by atoms with Crippen molar-refractivity contribution in [2.45, 2.75) is 32.6 Å². The fourth-order valence-corrected chi connectivity index (χ4v) is 2.50. The Labute approximate surface area is 118 Å². The van der Waals surface area contributed by atoms with E-state index < -0.39 is 5.82 Å². The lowest BCUT2D eigenvalue weighted by Gasteiger charge is -2.22. The van der Waals surface area contributed by atoms with Gasteiger partial charge in [-0.15, -0.1) is 0 Å². The molecule has 3 nitrogen and oxygen atoms in total. The number of carbonyl (C=O) groups excluding carboxylic acids is 1. The highest BCUT2D eigenvalue weighted by Crippen LogP contribution is 2.38. The van der Waals surface area contributed by atoms with Crippen LogP contribution < -0.4 is 11.1 Å². The van der Waals surface area contributed by atoms with E-state index in [1.807, 2.05) is 6.92 Å². The normalized spacial score (nSPS) is 16.4. The van der Waals surface area contributed by atoms with Crippen molar-refractivity contribution in [3.63, 3.8) is 0 Å². The lowest BCUT2D eigenvalue weighted by Crippen LogP contribution is -2.30. The fourth-order valence-electron chi connectivity index (χ4n) is 2.50. The third-order valence-electron chi connectivity index (χ3n) is 3.81. The van der Waals surface area contributed by atoms with Gasteiger partial charge in [-0.05, 0) is 31.0 Å². The molecule has 4 heteroatoms. The Morgan fingerprint density at radius 1 is 1.45 bits per heavy atom. The van der Waals surface area contributed by atoms with Crippen LogP contribution in [0.5, 0.6) is 0 Å². The number of hydrogen-bond donors (Lipinski definition) is 2. The first-order valence-electron chi connectivity index (χ1n) is 6.85. The third kappa shape index (κ3) is 3.17. The van der Waals surface area contributed by atoms with Crippen molar-refractivity contribution in [3.8, 4) is 11.8 Å². The number of carbonyl (C=O) groups is 1. The average molecular weight is 274 g/mol. The number of amides is 1. The van der Waals surface area contributed by atoms with Crippen molar-refractivity contribution in [1.29, 1.82) is 0 Å². The Hall–Kier alpha value is -1.86. The number of nitrogens with one attached hydrogen (secondary N) is 1. The van der Waals surface area contributed by atoms with Crippen LogP contribution in [0.4, 0.5) is 10.1 Å². The lowest BCUT2D eigenvalue weighted by molar-refractivity contribution is -0.124. The molecule has 1 aliphatic carbocycles. The van der Waals surface area contributed by atoms with Crippen LogP contribution in [-0.2, 0) is 4.79 Å². The molecule has 106 valence electrons. The predicted octanol–water partition coefficient (Wildman–Crippen LogP) is 2.65. The zero-order chi connectivity index (χ0) is 14.6. The van der Waals surface area contributed by atoms with Gasteiger partial charge >= 0.3 is 0 Å². The standard InChI is InChI=1S/C16H19FN2O/c1-16(8-2-3-9-16)15(20)19-13-7-6-12(5-4-10-18)14(17)11-13/h6-7,11H,2-3,8-10,18H2,1H3,(H,19,20). The Morgan fingerprint density at radius 2 is 2.15 bits per heavy atom. The Morgan fingerprint density at radius 3 is 2.75 bits per heavy atom. The zero-order valence-electron chi connectivity index (χ0n) is 11.6. The van der Waals surface area contributed by atoms with Crippen molar-refractivity contribution in [2.24, 2.45) is 11.1 Å². The van der Waals surface area contributed by atoms with E-state index in [0.717, 1.165) is 25.7 Å². The predicted molar refractivity (Wildman–Crippen MR) is 77.5 cm³/mol. The second-order valence-electron chi connectivity index (χ2n) is 5.42. The van der Waals surface area contributed by atoms with Gasteiger partial charge in [-0.1, -0.05) is 31.6 Å². The van der Waals surface area contributed by atoms with E-state index in [4.69, 9.17) is 5.73 Å². The van der Waals surface area contributed by atoms with Gasteiger partial charge in [0, 0.05) is 11.1 Å². The van der Waals surface area contributed by atoms with Crippen molar-refractivity contribution in [2.75, 3.05) is 11.9 Å². The van der Waals surface area contributed by atoms with Crippen LogP contribution in [0.15, 0.2) is 18.2 Å². The Balaban J connectivity index is 2.10. The molecule has 1 aromatic carbocycles. The molecule has 2 rings (SSSR count). The monoisotopic (exact) mass is 274 g/mol. The largest absolute Gasteiger partial charge is 0.326 e. The molecule has 0 aliphatic heterocycles. The number of nitrogens with two attached hydrogens (primary N) is 1. The second-order valence-corrected chi connectivity index (χ2v) is 5.42. The molecular weight excluding hydrogens is 255 g/mol. The minimum Gasteiger partial charge on any atom is -0.326 e. The highest BCUT2D eigenvalue weighted by atomic mass is 19.1. The average Bonchev–Trinajstić information content (AvgIpc) is 2.86. The van der Waals surface area contributed by atoms with Gasteiger partial charge in [0.05, 0.1) is 12.1 Å². The van der Waals surface area contributed by atoms with Gasteiger partial charge in [0.1, 0.15) is 5.82 Å². The van der Waals surface area contributed by atoms with Crippen molar-refractivity contribution >= 4 is 11.6 Å². The molecule has 0 unspecified atom stereocenters. The summed E-state index contributed by atoms with van der Waals surface area (Å²) in [7, 11) is 0. The number of benzene rings is 1. The Bertz CT molecular complexity index is 566. The zero-order valence-corrected chi connectivity index (χ0v) is 11.6. The molecule has 1 saturated carbocycles. The van der Waals surface area contributed by atoms with E-state index in [0.29, 0.717) is 11.3 Å². The molecule has 0 spiro atoms. The number of halogens is 1. The van der Waals surface area contributed by atoms with Gasteiger partial charge < -0.3 is 11.1 Å². The molecule has 0 radical (unpaired) electrons. The summed E-state index contributed by atoms with van der Waals surface area (Å²) in [5.41, 5.74) is 5.69. The van der Waals surface area contributed by atoms with Crippen LogP contribution >= 0.6 is 0 Å². The van der Waals surface area contributed by atoms with Gasteiger partial charge in [0.25, 0.3) is 0 Å². The maximum atomic E-state index is 13.8. The quantitative estimate of drug-likeness (QED) is 0.815. The van der Waals surface area contributed by atoms with Crippen molar-refractivity contribution < 1.29 is 9.18 Å². The molecule has 1 amide bonds. The van der Waals surface area contributed by atoms with E-state index in [1.54, 1.807) is 12.1 Å². The molecule has 0 aromatic heterocycles. The van der Waals surface area contributed by atoms with Crippen LogP contribution in [-0.4, -0.2) is 12.5 Å². The van der Waals surface area contributed by atoms with Gasteiger partial charge in [-0.25, -0.2) is 4.39 Å². The molecule has 0 atom stereocenters. The molecule has 0 bridgehead atoms. The summed E-state index contributed by atoms with van der Waals surface area (Å²) in [5.74, 6) is 4.78. The first kappa shape index (κ1) is 14.5. The van der Waals surface area contributed by atoms with E-state index in [9.17, 15) is 9.18 Å². The molecule has 1 aliphatic rings. The van der Waals surface area contributed by atoms with E-state index in [2.05, 4.69) is 17.2 Å². The summed E-state index contributed by atoms with van der Waals surface area (Å²) < 4.78 is 13.8. The molecule has 0 heterocycles. The highest BCUT2D eigenvalue weighted by Gasteiger charge is 2.36. The Kier molecular flexibility index (Phi) is 4.41. The van der Waals surface area contributed by atoms with Gasteiger partial charge in [-0.2, -0.15) is 0 Å². The molecule has 1 aromatic rings. The summed E-state index contributed by atoms with van der Waals surface area (Å²) in [6.07, 6.45) is 3.93. The van der Waals surface area contributed by atoms with Crippen LogP contribution in [0.1, 0.15) is 38.2 Å². The summed E-state index contributed by atoms with van der Waals surface area (Å²) in [5, 5.41) is 2.80. The van der Waals surface area contributed by atoms with Crippen LogP contribution in [0.25, 0.3) is 0 Å². The number of anilines is 1. The minimum absolute atomic E-state index is 0.0322. The maximum Gasteiger partial charge on any atom is 0.230 e. The summed E-state index contributed by atoms with van der Waals surface area (Å²) in [4.78, 5) is 12.2. The van der Waals surface area contributed by atoms with Crippen LogP contribution in [0, 0.1) is 23.1 Å². The van der Waals surface area contributed by atoms with E-state index in [1.165, 1.54) is 6.07 Å². The third-order valence-corrected chi connectivity index (χ3v) is 3.81. The minimum atomic E-state index is -0.444. The van der Waals surface area contributed by atoms with E-state index >= 15 is 0 Å². The van der Waals surface area contributed by atoms with E-state index in [-0.39, 0.29) is 17.9 Å². The van der Waals surface area contributed by atoms with Gasteiger partial charge in [0.2, 0.25) is 5.91 Å². The molecule has 1 fully saturated rings. The number of hydrogen-bond acceptors (Lipinski definition) is 2. The summed E-state index contributed by atoms with van der Waals surface area (Å²) >= 11 is 0. The smallest absolute Gasteiger partial charge is 0.230 e. The highest BCUT2D eigenvalue weighted by molar-refractivity contribution is 5.95. The van der Waals surface area contributed by atoms with Crippen molar-refractivity contribution in [1.82, 2.24) is 0 Å². The first-order valence-corrected chi connectivity index (χ1v) is 6.85. The van der Waals surface area contributed by atoms with Gasteiger partial charge in [0.15, 0.2) is 0 Å². The first-order chi connectivity index (χ1) is 9.55. The number of rotatable bonds is 2.